The van der Waals surface area contributed by atoms with E-state index in [4.69, 9.17) is 16.3 Å². The molecule has 0 N–H and O–H groups in total. The molecule has 6 heteroatoms. The zero-order valence-corrected chi connectivity index (χ0v) is 21.6. The highest BCUT2D eigenvalue weighted by Crippen LogP contribution is 2.44. The number of halogens is 2. The number of amides is 1. The average molecular weight is 515 g/mol. The first-order valence-electron chi connectivity index (χ1n) is 12.3. The molecule has 0 saturated carbocycles. The second kappa shape index (κ2) is 10.3. The molecule has 0 radical (unpaired) electrons. The van der Waals surface area contributed by atoms with Gasteiger partial charge in [0.15, 0.2) is 0 Å². The molecule has 0 unspecified atom stereocenters. The molecule has 1 aromatic heterocycles. The van der Waals surface area contributed by atoms with Crippen molar-refractivity contribution in [3.8, 4) is 17.0 Å². The number of pyridine rings is 1. The number of hydrogen-bond acceptors (Lipinski definition) is 3. The average Bonchev–Trinajstić information content (AvgIpc) is 3.26. The van der Waals surface area contributed by atoms with Crippen molar-refractivity contribution in [3.05, 3.63) is 119 Å². The van der Waals surface area contributed by atoms with Gasteiger partial charge >= 0.3 is 0 Å². The van der Waals surface area contributed by atoms with Crippen LogP contribution in [0.15, 0.2) is 91.1 Å². The largest absolute Gasteiger partial charge is 0.477 e. The van der Waals surface area contributed by atoms with E-state index < -0.39 is 0 Å². The Morgan fingerprint density at radius 2 is 1.65 bits per heavy atom. The SMILES string of the molecule is Cc1ccc(OC[C@@]2(C)CN(C(=O)c3ccc(-c4ccc(F)cc4)cc3)C[C@@H]2c2ccc(Cl)cc2)nc1. The molecule has 4 aromatic rings. The van der Waals surface area contributed by atoms with Gasteiger partial charge in [-0.3, -0.25) is 4.79 Å². The molecule has 1 aliphatic rings. The van der Waals surface area contributed by atoms with Gasteiger partial charge in [0, 0.05) is 47.3 Å². The Hall–Kier alpha value is -3.70. The van der Waals surface area contributed by atoms with Crippen molar-refractivity contribution in [3.63, 3.8) is 0 Å². The number of aromatic nitrogens is 1. The lowest BCUT2D eigenvalue weighted by Gasteiger charge is -2.30. The second-order valence-electron chi connectivity index (χ2n) is 9.99. The lowest BCUT2D eigenvalue weighted by molar-refractivity contribution is 0.0758. The highest BCUT2D eigenvalue weighted by atomic mass is 35.5. The standard InChI is InChI=1S/C31H28ClFN2O2/c1-21-3-16-29(34-17-21)37-20-31(2)19-35(18-28(31)24-8-12-26(32)13-9-24)30(36)25-6-4-22(5-7-25)23-10-14-27(33)15-11-23/h3-17,28H,18-20H2,1-2H3/t28-,31-/m1/s1. The minimum absolute atomic E-state index is 0.0261. The van der Waals surface area contributed by atoms with Crippen molar-refractivity contribution in [1.29, 1.82) is 0 Å². The summed E-state index contributed by atoms with van der Waals surface area (Å²) in [6.07, 6.45) is 1.79. The Labute approximate surface area is 221 Å². The van der Waals surface area contributed by atoms with Crippen LogP contribution in [0, 0.1) is 18.2 Å². The molecule has 3 aromatic carbocycles. The molecule has 1 saturated heterocycles. The van der Waals surface area contributed by atoms with Crippen LogP contribution in [0.3, 0.4) is 0 Å². The van der Waals surface area contributed by atoms with Gasteiger partial charge in [0.25, 0.3) is 5.91 Å². The van der Waals surface area contributed by atoms with Crippen molar-refractivity contribution < 1.29 is 13.9 Å². The van der Waals surface area contributed by atoms with Crippen LogP contribution < -0.4 is 4.74 Å². The van der Waals surface area contributed by atoms with Crippen LogP contribution in [-0.4, -0.2) is 35.5 Å². The lowest BCUT2D eigenvalue weighted by atomic mass is 9.77. The molecule has 1 fully saturated rings. The van der Waals surface area contributed by atoms with Gasteiger partial charge < -0.3 is 9.64 Å². The molecule has 2 atom stereocenters. The van der Waals surface area contributed by atoms with Crippen molar-refractivity contribution in [2.24, 2.45) is 5.41 Å². The summed E-state index contributed by atoms with van der Waals surface area (Å²) in [5.41, 5.74) is 4.31. The predicted molar refractivity (Wildman–Crippen MR) is 145 cm³/mol. The third-order valence-electron chi connectivity index (χ3n) is 7.10. The summed E-state index contributed by atoms with van der Waals surface area (Å²) in [6.45, 7) is 5.68. The summed E-state index contributed by atoms with van der Waals surface area (Å²) in [6, 6.07) is 25.5. The van der Waals surface area contributed by atoms with Gasteiger partial charge in [-0.25, -0.2) is 9.37 Å². The first-order chi connectivity index (χ1) is 17.8. The summed E-state index contributed by atoms with van der Waals surface area (Å²) >= 11 is 6.15. The Bertz CT molecular complexity index is 1370. The van der Waals surface area contributed by atoms with E-state index in [-0.39, 0.29) is 23.1 Å². The zero-order valence-electron chi connectivity index (χ0n) is 20.8. The lowest BCUT2D eigenvalue weighted by Crippen LogP contribution is -2.35. The van der Waals surface area contributed by atoms with E-state index in [1.165, 1.54) is 12.1 Å². The Kier molecular flexibility index (Phi) is 6.98. The molecule has 0 bridgehead atoms. The molecular formula is C31H28ClFN2O2. The molecule has 5 rings (SSSR count). The Morgan fingerprint density at radius 1 is 1.00 bits per heavy atom. The Balaban J connectivity index is 1.37. The van der Waals surface area contributed by atoms with Crippen LogP contribution in [0.25, 0.3) is 11.1 Å². The van der Waals surface area contributed by atoms with Gasteiger partial charge in [0.1, 0.15) is 5.82 Å². The van der Waals surface area contributed by atoms with Crippen molar-refractivity contribution in [2.75, 3.05) is 19.7 Å². The normalized spacial score (nSPS) is 19.1. The fraction of sp³-hybridized carbons (Fsp3) is 0.226. The number of aryl methyl sites for hydroxylation is 1. The maximum atomic E-state index is 13.6. The number of nitrogens with zero attached hydrogens (tertiary/aromatic N) is 2. The molecule has 0 spiro atoms. The molecule has 0 aliphatic carbocycles. The number of carbonyl (C=O) groups is 1. The molecule has 188 valence electrons. The van der Waals surface area contributed by atoms with Crippen LogP contribution in [0.1, 0.15) is 34.3 Å². The number of rotatable bonds is 6. The summed E-state index contributed by atoms with van der Waals surface area (Å²) in [5, 5.41) is 0.678. The molecule has 1 aliphatic heterocycles. The van der Waals surface area contributed by atoms with Gasteiger partial charge in [-0.1, -0.05) is 61.0 Å². The Morgan fingerprint density at radius 3 is 2.27 bits per heavy atom. The highest BCUT2D eigenvalue weighted by Gasteiger charge is 2.46. The minimum atomic E-state index is -0.329. The fourth-order valence-corrected chi connectivity index (χ4v) is 5.09. The van der Waals surface area contributed by atoms with Crippen LogP contribution in [0.2, 0.25) is 5.02 Å². The first-order valence-corrected chi connectivity index (χ1v) is 12.6. The molecule has 2 heterocycles. The van der Waals surface area contributed by atoms with E-state index in [2.05, 4.69) is 11.9 Å². The molecule has 4 nitrogen and oxygen atoms in total. The van der Waals surface area contributed by atoms with E-state index >= 15 is 0 Å². The van der Waals surface area contributed by atoms with Crippen LogP contribution in [0.5, 0.6) is 5.88 Å². The quantitative estimate of drug-likeness (QED) is 0.274. The number of hydrogen-bond donors (Lipinski definition) is 0. The van der Waals surface area contributed by atoms with Crippen LogP contribution >= 0.6 is 11.6 Å². The van der Waals surface area contributed by atoms with Gasteiger partial charge in [0.2, 0.25) is 5.88 Å². The maximum absolute atomic E-state index is 13.6. The van der Waals surface area contributed by atoms with Gasteiger partial charge in [-0.15, -0.1) is 0 Å². The second-order valence-corrected chi connectivity index (χ2v) is 10.4. The third kappa shape index (κ3) is 5.52. The van der Waals surface area contributed by atoms with E-state index in [0.717, 1.165) is 22.3 Å². The van der Waals surface area contributed by atoms with E-state index in [0.29, 0.717) is 36.2 Å². The smallest absolute Gasteiger partial charge is 0.253 e. The van der Waals surface area contributed by atoms with Gasteiger partial charge in [-0.2, -0.15) is 0 Å². The highest BCUT2D eigenvalue weighted by molar-refractivity contribution is 6.30. The van der Waals surface area contributed by atoms with Crippen LogP contribution in [-0.2, 0) is 0 Å². The number of ether oxygens (including phenoxy) is 1. The van der Waals surface area contributed by atoms with E-state index in [1.54, 1.807) is 18.3 Å². The number of carbonyl (C=O) groups excluding carboxylic acids is 1. The summed E-state index contributed by atoms with van der Waals surface area (Å²) in [4.78, 5) is 19.9. The van der Waals surface area contributed by atoms with Gasteiger partial charge in [-0.05, 0) is 65.6 Å². The van der Waals surface area contributed by atoms with Crippen molar-refractivity contribution >= 4 is 17.5 Å². The summed E-state index contributed by atoms with van der Waals surface area (Å²) in [7, 11) is 0. The molecular weight excluding hydrogens is 487 g/mol. The number of benzene rings is 3. The molecule has 37 heavy (non-hydrogen) atoms. The third-order valence-corrected chi connectivity index (χ3v) is 7.35. The number of likely N-dealkylation sites (tertiary alicyclic amines) is 1. The van der Waals surface area contributed by atoms with E-state index in [9.17, 15) is 9.18 Å². The summed E-state index contributed by atoms with van der Waals surface area (Å²) < 4.78 is 19.4. The topological polar surface area (TPSA) is 42.4 Å². The van der Waals surface area contributed by atoms with Gasteiger partial charge in [0.05, 0.1) is 6.61 Å². The van der Waals surface area contributed by atoms with E-state index in [1.807, 2.05) is 72.5 Å². The van der Waals surface area contributed by atoms with Crippen molar-refractivity contribution in [2.45, 2.75) is 19.8 Å². The summed E-state index contributed by atoms with van der Waals surface area (Å²) in [5.74, 6) is 0.340. The van der Waals surface area contributed by atoms with Crippen molar-refractivity contribution in [1.82, 2.24) is 9.88 Å². The first kappa shape index (κ1) is 25.0. The predicted octanol–water partition coefficient (Wildman–Crippen LogP) is 7.17. The zero-order chi connectivity index (χ0) is 26.0. The minimum Gasteiger partial charge on any atom is -0.477 e. The van der Waals surface area contributed by atoms with Crippen LogP contribution in [0.4, 0.5) is 4.39 Å². The fourth-order valence-electron chi connectivity index (χ4n) is 4.96. The maximum Gasteiger partial charge on any atom is 0.253 e. The monoisotopic (exact) mass is 514 g/mol. The molecule has 1 amide bonds.